The second-order valence-electron chi connectivity index (χ2n) is 9.48. The quantitative estimate of drug-likeness (QED) is 0.486. The number of H-pyrrole nitrogens is 1. The van der Waals surface area contributed by atoms with E-state index in [1.165, 1.54) is 0 Å². The number of aromatic nitrogens is 1. The smallest absolute Gasteiger partial charge is 0.255 e. The maximum Gasteiger partial charge on any atom is 0.255 e. The van der Waals surface area contributed by atoms with Gasteiger partial charge in [-0.15, -0.1) is 0 Å². The van der Waals surface area contributed by atoms with E-state index in [1.54, 1.807) is 16.9 Å². The van der Waals surface area contributed by atoms with E-state index in [0.29, 0.717) is 13.1 Å². The van der Waals surface area contributed by atoms with E-state index in [1.807, 2.05) is 73.7 Å². The van der Waals surface area contributed by atoms with Gasteiger partial charge >= 0.3 is 0 Å². The molecule has 1 N–H and O–H groups in total. The second kappa shape index (κ2) is 8.01. The highest BCUT2D eigenvalue weighted by atomic mass is 16.5. The van der Waals surface area contributed by atoms with Crippen LogP contribution in [0.4, 0.5) is 0 Å². The van der Waals surface area contributed by atoms with Crippen LogP contribution in [0.5, 0.6) is 5.75 Å². The number of rotatable bonds is 4. The number of nitrogens with zero attached hydrogens (tertiary/aromatic N) is 2. The number of aromatic amines is 1. The van der Waals surface area contributed by atoms with Gasteiger partial charge in [0.05, 0.1) is 12.8 Å². The Morgan fingerprint density at radius 3 is 2.49 bits per heavy atom. The zero-order chi connectivity index (χ0) is 24.2. The first-order valence-corrected chi connectivity index (χ1v) is 11.9. The van der Waals surface area contributed by atoms with Gasteiger partial charge in [0.1, 0.15) is 12.3 Å². The fourth-order valence-corrected chi connectivity index (χ4v) is 5.84. The number of hydrogen-bond acceptors (Lipinski definition) is 3. The van der Waals surface area contributed by atoms with Crippen LogP contribution < -0.4 is 4.74 Å². The highest BCUT2D eigenvalue weighted by Crippen LogP contribution is 2.49. The van der Waals surface area contributed by atoms with Gasteiger partial charge in [0.25, 0.3) is 5.91 Å². The predicted molar refractivity (Wildman–Crippen MR) is 134 cm³/mol. The molecule has 0 bridgehead atoms. The molecule has 1 saturated heterocycles. The number of fused-ring (bicyclic) bond motifs is 5. The minimum Gasteiger partial charge on any atom is -0.496 e. The third-order valence-corrected chi connectivity index (χ3v) is 7.55. The van der Waals surface area contributed by atoms with Crippen LogP contribution in [0.2, 0.25) is 0 Å². The predicted octanol–water partition coefficient (Wildman–Crippen LogP) is 4.41. The first-order valence-electron chi connectivity index (χ1n) is 11.9. The summed E-state index contributed by atoms with van der Waals surface area (Å²) in [5, 5.41) is 1.07. The van der Waals surface area contributed by atoms with Crippen LogP contribution in [0.15, 0.2) is 78.9 Å². The zero-order valence-electron chi connectivity index (χ0n) is 19.8. The molecule has 0 spiro atoms. The highest BCUT2D eigenvalue weighted by molar-refractivity contribution is 6.01. The Labute approximate surface area is 204 Å². The first kappa shape index (κ1) is 21.5. The number of nitrogens with one attached hydrogen (secondary N) is 1. The molecule has 3 heterocycles. The maximum absolute atomic E-state index is 14.1. The molecule has 0 unspecified atom stereocenters. The van der Waals surface area contributed by atoms with Crippen molar-refractivity contribution in [1.29, 1.82) is 0 Å². The fraction of sp³-hybridized carbons (Fsp3) is 0.241. The Bertz CT molecular complexity index is 1440. The van der Waals surface area contributed by atoms with E-state index in [4.69, 9.17) is 4.74 Å². The van der Waals surface area contributed by atoms with Gasteiger partial charge in [-0.25, -0.2) is 0 Å². The van der Waals surface area contributed by atoms with Crippen LogP contribution in [0.25, 0.3) is 10.9 Å². The molecular weight excluding hydrogens is 438 g/mol. The van der Waals surface area contributed by atoms with Gasteiger partial charge in [0.2, 0.25) is 5.91 Å². The summed E-state index contributed by atoms with van der Waals surface area (Å²) in [6.45, 7) is 2.77. The van der Waals surface area contributed by atoms with Gasteiger partial charge in [-0.2, -0.15) is 0 Å². The third-order valence-electron chi connectivity index (χ3n) is 7.55. The van der Waals surface area contributed by atoms with E-state index in [9.17, 15) is 9.59 Å². The lowest BCUT2D eigenvalue weighted by Crippen LogP contribution is -2.67. The summed E-state index contributed by atoms with van der Waals surface area (Å²) in [7, 11) is 1.67. The van der Waals surface area contributed by atoms with E-state index < -0.39 is 5.54 Å². The molecule has 2 aliphatic rings. The minimum absolute atomic E-state index is 0.0489. The van der Waals surface area contributed by atoms with Gasteiger partial charge in [-0.3, -0.25) is 9.59 Å². The standard InChI is InChI=1S/C29H27N3O3/c1-29-27-26(21-13-6-8-14-23(21)30-27)22(20-12-7-9-15-24(20)35-2)17-32(29)25(33)18-31(28(29)34)16-19-10-4-3-5-11-19/h3-15,22,30H,16-18H2,1-2H3/t22-,29+/m1/s1. The normalized spacial score (nSPS) is 21.7. The zero-order valence-corrected chi connectivity index (χ0v) is 19.8. The summed E-state index contributed by atoms with van der Waals surface area (Å²) in [5.41, 5.74) is 3.71. The molecule has 0 aliphatic carbocycles. The van der Waals surface area contributed by atoms with Crippen molar-refractivity contribution in [3.8, 4) is 5.75 Å². The van der Waals surface area contributed by atoms with Gasteiger partial charge in [-0.05, 0) is 30.2 Å². The molecule has 6 heteroatoms. The number of hydrogen-bond donors (Lipinski definition) is 1. The SMILES string of the molecule is COc1ccccc1[C@H]1CN2C(=O)CN(Cc3ccccc3)C(=O)[C@]2(C)c2[nH]c3ccccc3c21. The summed E-state index contributed by atoms with van der Waals surface area (Å²) in [5.74, 6) is 0.543. The fourth-order valence-electron chi connectivity index (χ4n) is 5.84. The van der Waals surface area contributed by atoms with Crippen LogP contribution in [0.3, 0.4) is 0 Å². The van der Waals surface area contributed by atoms with Crippen molar-refractivity contribution in [1.82, 2.24) is 14.8 Å². The average molecular weight is 466 g/mol. The number of piperazine rings is 1. The molecule has 1 fully saturated rings. The van der Waals surface area contributed by atoms with Gasteiger partial charge in [0.15, 0.2) is 5.54 Å². The topological polar surface area (TPSA) is 65.6 Å². The van der Waals surface area contributed by atoms with E-state index >= 15 is 0 Å². The Morgan fingerprint density at radius 1 is 0.971 bits per heavy atom. The molecule has 0 radical (unpaired) electrons. The van der Waals surface area contributed by atoms with Gasteiger partial charge < -0.3 is 19.5 Å². The number of methoxy groups -OCH3 is 1. The summed E-state index contributed by atoms with van der Waals surface area (Å²) in [6, 6.07) is 25.9. The molecule has 2 atom stereocenters. The Kier molecular flexibility index (Phi) is 4.92. The summed E-state index contributed by atoms with van der Waals surface area (Å²) >= 11 is 0. The number of para-hydroxylation sites is 2. The highest BCUT2D eigenvalue weighted by Gasteiger charge is 2.56. The van der Waals surface area contributed by atoms with Crippen molar-refractivity contribution in [3.05, 3.63) is 101 Å². The largest absolute Gasteiger partial charge is 0.496 e. The molecule has 3 aromatic carbocycles. The lowest BCUT2D eigenvalue weighted by atomic mass is 9.76. The van der Waals surface area contributed by atoms with Crippen molar-refractivity contribution in [3.63, 3.8) is 0 Å². The van der Waals surface area contributed by atoms with Crippen LogP contribution in [-0.4, -0.2) is 46.8 Å². The van der Waals surface area contributed by atoms with Crippen molar-refractivity contribution in [2.45, 2.75) is 24.9 Å². The molecule has 6 rings (SSSR count). The molecule has 1 aromatic heterocycles. The number of carbonyl (C=O) groups excluding carboxylic acids is 2. The third kappa shape index (κ3) is 3.16. The molecule has 2 amide bonds. The van der Waals surface area contributed by atoms with E-state index in [0.717, 1.165) is 39.0 Å². The van der Waals surface area contributed by atoms with Crippen LogP contribution in [-0.2, 0) is 21.7 Å². The van der Waals surface area contributed by atoms with E-state index in [2.05, 4.69) is 17.1 Å². The van der Waals surface area contributed by atoms with Crippen molar-refractivity contribution < 1.29 is 14.3 Å². The summed E-state index contributed by atoms with van der Waals surface area (Å²) in [6.07, 6.45) is 0. The van der Waals surface area contributed by atoms with Crippen LogP contribution in [0.1, 0.15) is 35.2 Å². The van der Waals surface area contributed by atoms with Crippen molar-refractivity contribution in [2.24, 2.45) is 0 Å². The Morgan fingerprint density at radius 2 is 1.69 bits per heavy atom. The first-order chi connectivity index (χ1) is 17.0. The molecule has 35 heavy (non-hydrogen) atoms. The number of ether oxygens (including phenoxy) is 1. The van der Waals surface area contributed by atoms with Gasteiger partial charge in [-0.1, -0.05) is 66.7 Å². The molecule has 176 valence electrons. The Hall–Kier alpha value is -4.06. The van der Waals surface area contributed by atoms with Crippen LogP contribution >= 0.6 is 0 Å². The Balaban J connectivity index is 1.53. The van der Waals surface area contributed by atoms with Gasteiger partial charge in [0, 0.05) is 35.5 Å². The number of amides is 2. The van der Waals surface area contributed by atoms with Crippen LogP contribution in [0, 0.1) is 0 Å². The minimum atomic E-state index is -1.11. The monoisotopic (exact) mass is 465 g/mol. The molecule has 4 aromatic rings. The summed E-state index contributed by atoms with van der Waals surface area (Å²) in [4.78, 5) is 34.8. The average Bonchev–Trinajstić information content (AvgIpc) is 3.29. The van der Waals surface area contributed by atoms with E-state index in [-0.39, 0.29) is 24.3 Å². The lowest BCUT2D eigenvalue weighted by molar-refractivity contribution is -0.166. The lowest BCUT2D eigenvalue weighted by Gasteiger charge is -2.51. The second-order valence-corrected chi connectivity index (χ2v) is 9.48. The molecule has 0 saturated carbocycles. The number of carbonyl (C=O) groups is 2. The maximum atomic E-state index is 14.1. The van der Waals surface area contributed by atoms with Crippen molar-refractivity contribution in [2.75, 3.05) is 20.2 Å². The molecular formula is C29H27N3O3. The van der Waals surface area contributed by atoms with Crippen molar-refractivity contribution >= 4 is 22.7 Å². The number of benzene rings is 3. The molecule has 2 aliphatic heterocycles. The summed E-state index contributed by atoms with van der Waals surface area (Å²) < 4.78 is 5.71. The molecule has 6 nitrogen and oxygen atoms in total.